The number of ether oxygens (including phenoxy) is 2. The van der Waals surface area contributed by atoms with Crippen LogP contribution in [0.25, 0.3) is 0 Å². The number of carbonyl (C=O) groups is 2. The summed E-state index contributed by atoms with van der Waals surface area (Å²) in [7, 11) is 2.99. The molecular weight excluding hydrogens is 264 g/mol. The molecule has 2 rings (SSSR count). The lowest BCUT2D eigenvalue weighted by Crippen LogP contribution is -2.48. The smallest absolute Gasteiger partial charge is 0.326 e. The second kappa shape index (κ2) is 5.28. The number of nitrogens with one attached hydrogen (secondary N) is 1. The highest BCUT2D eigenvalue weighted by atomic mass is 16.5. The van der Waals surface area contributed by atoms with Crippen LogP contribution in [0.4, 0.5) is 11.4 Å². The first kappa shape index (κ1) is 14.0. The van der Waals surface area contributed by atoms with Crippen LogP contribution in [0, 0.1) is 0 Å². The van der Waals surface area contributed by atoms with Crippen molar-refractivity contribution in [2.75, 3.05) is 31.0 Å². The van der Waals surface area contributed by atoms with Crippen LogP contribution >= 0.6 is 0 Å². The van der Waals surface area contributed by atoms with Gasteiger partial charge in [-0.1, -0.05) is 0 Å². The number of methoxy groups -OCH3 is 2. The number of hydrogen-bond donors (Lipinski definition) is 2. The van der Waals surface area contributed by atoms with Crippen LogP contribution in [-0.4, -0.2) is 43.8 Å². The van der Waals surface area contributed by atoms with Gasteiger partial charge in [0.1, 0.15) is 6.04 Å². The van der Waals surface area contributed by atoms with Crippen LogP contribution in [-0.2, 0) is 9.59 Å². The lowest BCUT2D eigenvalue weighted by atomic mass is 10.1. The summed E-state index contributed by atoms with van der Waals surface area (Å²) in [5.74, 6) is -0.429. The Morgan fingerprint density at radius 3 is 2.50 bits per heavy atom. The molecule has 20 heavy (non-hydrogen) atoms. The van der Waals surface area contributed by atoms with Gasteiger partial charge in [0.15, 0.2) is 11.5 Å². The molecule has 0 fully saturated rings. The highest BCUT2D eigenvalue weighted by molar-refractivity contribution is 6.06. The number of rotatable bonds is 4. The van der Waals surface area contributed by atoms with E-state index in [4.69, 9.17) is 14.6 Å². The van der Waals surface area contributed by atoms with E-state index in [9.17, 15) is 9.59 Å². The summed E-state index contributed by atoms with van der Waals surface area (Å²) < 4.78 is 10.4. The van der Waals surface area contributed by atoms with Crippen molar-refractivity contribution in [1.82, 2.24) is 0 Å². The van der Waals surface area contributed by atoms with E-state index in [-0.39, 0.29) is 12.5 Å². The second-order valence-electron chi connectivity index (χ2n) is 4.36. The largest absolute Gasteiger partial charge is 0.493 e. The van der Waals surface area contributed by atoms with Crippen LogP contribution in [0.15, 0.2) is 12.1 Å². The molecule has 1 aromatic carbocycles. The average Bonchev–Trinajstić information content (AvgIpc) is 2.44. The average molecular weight is 280 g/mol. The van der Waals surface area contributed by atoms with E-state index in [0.717, 1.165) is 0 Å². The molecule has 1 aliphatic rings. The van der Waals surface area contributed by atoms with Gasteiger partial charge in [-0.05, 0) is 6.92 Å². The Balaban J connectivity index is 2.55. The fraction of sp³-hybridized carbons (Fsp3) is 0.385. The maximum absolute atomic E-state index is 12.0. The molecular formula is C13H16N2O5. The van der Waals surface area contributed by atoms with Crippen molar-refractivity contribution in [2.24, 2.45) is 0 Å². The van der Waals surface area contributed by atoms with Gasteiger partial charge in [-0.3, -0.25) is 9.69 Å². The fourth-order valence-electron chi connectivity index (χ4n) is 2.13. The number of hydrogen-bond acceptors (Lipinski definition) is 5. The molecule has 2 N–H and O–H groups in total. The van der Waals surface area contributed by atoms with Gasteiger partial charge in [-0.15, -0.1) is 0 Å². The molecule has 0 aliphatic carbocycles. The number of carboxylic acids is 1. The first-order valence-electron chi connectivity index (χ1n) is 6.04. The molecule has 7 nitrogen and oxygen atoms in total. The maximum atomic E-state index is 12.0. The lowest BCUT2D eigenvalue weighted by Gasteiger charge is -2.33. The van der Waals surface area contributed by atoms with Crippen molar-refractivity contribution in [1.29, 1.82) is 0 Å². The van der Waals surface area contributed by atoms with Crippen molar-refractivity contribution in [3.8, 4) is 11.5 Å². The zero-order valence-corrected chi connectivity index (χ0v) is 11.5. The molecule has 1 atom stereocenters. The quantitative estimate of drug-likeness (QED) is 0.853. The summed E-state index contributed by atoms with van der Waals surface area (Å²) in [6.45, 7) is 1.51. The van der Waals surface area contributed by atoms with Gasteiger partial charge >= 0.3 is 5.97 Å². The first-order valence-corrected chi connectivity index (χ1v) is 6.04. The maximum Gasteiger partial charge on any atom is 0.326 e. The van der Waals surface area contributed by atoms with Crippen LogP contribution in [0.2, 0.25) is 0 Å². The van der Waals surface area contributed by atoms with E-state index in [1.165, 1.54) is 26.0 Å². The fourth-order valence-corrected chi connectivity index (χ4v) is 2.13. The zero-order chi connectivity index (χ0) is 14.9. The molecule has 1 amide bonds. The summed E-state index contributed by atoms with van der Waals surface area (Å²) in [5, 5.41) is 12.1. The summed E-state index contributed by atoms with van der Waals surface area (Å²) >= 11 is 0. The van der Waals surface area contributed by atoms with E-state index in [2.05, 4.69) is 5.32 Å². The van der Waals surface area contributed by atoms with Gasteiger partial charge in [0, 0.05) is 12.1 Å². The molecule has 0 saturated heterocycles. The molecule has 0 bridgehead atoms. The molecule has 1 aromatic rings. The van der Waals surface area contributed by atoms with Crippen molar-refractivity contribution < 1.29 is 24.2 Å². The number of anilines is 2. The van der Waals surface area contributed by atoms with E-state index < -0.39 is 12.0 Å². The third-order valence-electron chi connectivity index (χ3n) is 3.20. The minimum absolute atomic E-state index is 0.0418. The van der Waals surface area contributed by atoms with Crippen LogP contribution < -0.4 is 19.7 Å². The van der Waals surface area contributed by atoms with E-state index in [1.807, 2.05) is 0 Å². The van der Waals surface area contributed by atoms with E-state index >= 15 is 0 Å². The van der Waals surface area contributed by atoms with Gasteiger partial charge in [0.25, 0.3) is 0 Å². The molecule has 0 aromatic heterocycles. The highest BCUT2D eigenvalue weighted by Crippen LogP contribution is 2.40. The Morgan fingerprint density at radius 2 is 1.95 bits per heavy atom. The van der Waals surface area contributed by atoms with Gasteiger partial charge in [0.2, 0.25) is 5.91 Å². The predicted octanol–water partition coefficient (Wildman–Crippen LogP) is 0.935. The Morgan fingerprint density at radius 1 is 1.35 bits per heavy atom. The van der Waals surface area contributed by atoms with Crippen molar-refractivity contribution in [3.05, 3.63) is 12.1 Å². The van der Waals surface area contributed by atoms with Crippen molar-refractivity contribution >= 4 is 23.3 Å². The zero-order valence-electron chi connectivity index (χ0n) is 11.5. The van der Waals surface area contributed by atoms with Gasteiger partial charge in [-0.25, -0.2) is 4.79 Å². The predicted molar refractivity (Wildman–Crippen MR) is 72.6 cm³/mol. The number of amides is 1. The molecule has 7 heteroatoms. The summed E-state index contributed by atoms with van der Waals surface area (Å²) in [5.41, 5.74) is 1.10. The number of benzene rings is 1. The summed E-state index contributed by atoms with van der Waals surface area (Å²) in [6.07, 6.45) is 0. The van der Waals surface area contributed by atoms with Crippen LogP contribution in [0.5, 0.6) is 11.5 Å². The monoisotopic (exact) mass is 280 g/mol. The molecule has 0 spiro atoms. The van der Waals surface area contributed by atoms with E-state index in [1.54, 1.807) is 12.1 Å². The Labute approximate surface area is 116 Å². The summed E-state index contributed by atoms with van der Waals surface area (Å²) in [4.78, 5) is 24.4. The molecule has 0 saturated carbocycles. The number of aliphatic carboxylic acids is 1. The summed E-state index contributed by atoms with van der Waals surface area (Å²) in [6, 6.07) is 2.32. The van der Waals surface area contributed by atoms with Crippen LogP contribution in [0.1, 0.15) is 6.92 Å². The lowest BCUT2D eigenvalue weighted by molar-refractivity contribution is -0.139. The van der Waals surface area contributed by atoms with Gasteiger partial charge in [0.05, 0.1) is 32.1 Å². The van der Waals surface area contributed by atoms with Crippen molar-refractivity contribution in [3.63, 3.8) is 0 Å². The minimum Gasteiger partial charge on any atom is -0.493 e. The number of nitrogens with zero attached hydrogens (tertiary/aromatic N) is 1. The number of carbonyl (C=O) groups excluding carboxylic acids is 1. The van der Waals surface area contributed by atoms with Gasteiger partial charge < -0.3 is 19.9 Å². The first-order chi connectivity index (χ1) is 9.49. The molecule has 108 valence electrons. The second-order valence-corrected chi connectivity index (χ2v) is 4.36. The van der Waals surface area contributed by atoms with Crippen molar-refractivity contribution in [2.45, 2.75) is 13.0 Å². The molecule has 1 heterocycles. The number of fused-ring (bicyclic) bond motifs is 1. The minimum atomic E-state index is -1.07. The normalized spacial score (nSPS) is 15.2. The highest BCUT2D eigenvalue weighted by Gasteiger charge is 2.32. The molecule has 1 unspecified atom stereocenters. The molecule has 0 radical (unpaired) electrons. The third-order valence-corrected chi connectivity index (χ3v) is 3.20. The Bertz CT molecular complexity index is 558. The SMILES string of the molecule is COc1cc2c(cc1OC)N(C(C)C(=O)O)C(=O)CN2. The Hall–Kier alpha value is -2.44. The van der Waals surface area contributed by atoms with Crippen LogP contribution in [0.3, 0.4) is 0 Å². The Kier molecular flexibility index (Phi) is 3.69. The van der Waals surface area contributed by atoms with Gasteiger partial charge in [-0.2, -0.15) is 0 Å². The third kappa shape index (κ3) is 2.22. The van der Waals surface area contributed by atoms with E-state index in [0.29, 0.717) is 22.9 Å². The standard InChI is InChI=1S/C13H16N2O5/c1-7(13(17)18)15-9-5-11(20-3)10(19-2)4-8(9)14-6-12(15)16/h4-5,7,14H,6H2,1-3H3,(H,17,18). The molecule has 1 aliphatic heterocycles. The number of carboxylic acid groups (broad SMARTS) is 1. The topological polar surface area (TPSA) is 88.1 Å².